The van der Waals surface area contributed by atoms with Gasteiger partial charge in [0.15, 0.2) is 0 Å². The van der Waals surface area contributed by atoms with E-state index < -0.39 is 0 Å². The Labute approximate surface area is 114 Å². The molecule has 2 aliphatic rings. The Kier molecular flexibility index (Phi) is 2.66. The molecule has 1 N–H and O–H groups in total. The highest BCUT2D eigenvalue weighted by Crippen LogP contribution is 2.34. The van der Waals surface area contributed by atoms with Crippen LogP contribution in [0.25, 0.3) is 10.9 Å². The van der Waals surface area contributed by atoms with Crippen LogP contribution >= 0.6 is 0 Å². The fourth-order valence-electron chi connectivity index (χ4n) is 4.00. The van der Waals surface area contributed by atoms with E-state index in [4.69, 9.17) is 0 Å². The first-order chi connectivity index (χ1) is 9.33. The molecule has 100 valence electrons. The van der Waals surface area contributed by atoms with Crippen molar-refractivity contribution in [3.05, 3.63) is 35.5 Å². The molecule has 4 rings (SSSR count). The highest BCUT2D eigenvalue weighted by molar-refractivity contribution is 5.88. The topological polar surface area (TPSA) is 25.2 Å². The van der Waals surface area contributed by atoms with Crippen molar-refractivity contribution < 1.29 is 5.11 Å². The van der Waals surface area contributed by atoms with Gasteiger partial charge in [0.05, 0.1) is 11.6 Å². The zero-order valence-corrected chi connectivity index (χ0v) is 11.3. The molecule has 0 bridgehead atoms. The number of aliphatic hydroxyl groups excluding tert-OH is 1. The van der Waals surface area contributed by atoms with Gasteiger partial charge in [0, 0.05) is 18.1 Å². The molecule has 0 saturated heterocycles. The third-order valence-electron chi connectivity index (χ3n) is 5.04. The lowest BCUT2D eigenvalue weighted by molar-refractivity contribution is 0.0702. The Morgan fingerprint density at radius 3 is 3.00 bits per heavy atom. The van der Waals surface area contributed by atoms with Crippen LogP contribution in [0.1, 0.15) is 36.8 Å². The third kappa shape index (κ3) is 1.81. The number of para-hydroxylation sites is 1. The molecule has 1 fully saturated rings. The quantitative estimate of drug-likeness (QED) is 0.875. The van der Waals surface area contributed by atoms with Crippen molar-refractivity contribution >= 4 is 10.9 Å². The zero-order valence-electron chi connectivity index (χ0n) is 11.3. The minimum atomic E-state index is -0.0849. The second-order valence-electron chi connectivity index (χ2n) is 6.23. The van der Waals surface area contributed by atoms with Gasteiger partial charge in [0.1, 0.15) is 0 Å². The lowest BCUT2D eigenvalue weighted by Gasteiger charge is -2.27. The molecule has 2 nitrogen and oxygen atoms in total. The van der Waals surface area contributed by atoms with Crippen LogP contribution in [0.2, 0.25) is 0 Å². The first-order valence-electron chi connectivity index (χ1n) is 7.60. The van der Waals surface area contributed by atoms with Crippen molar-refractivity contribution in [2.45, 2.75) is 51.2 Å². The molecule has 1 aliphatic heterocycles. The van der Waals surface area contributed by atoms with E-state index in [2.05, 4.69) is 29.0 Å². The average Bonchev–Trinajstić information content (AvgIpc) is 2.99. The summed E-state index contributed by atoms with van der Waals surface area (Å²) in [5.41, 5.74) is 4.39. The first kappa shape index (κ1) is 11.5. The van der Waals surface area contributed by atoms with E-state index in [-0.39, 0.29) is 6.10 Å². The molecule has 2 heterocycles. The van der Waals surface area contributed by atoms with Crippen molar-refractivity contribution in [2.24, 2.45) is 5.92 Å². The molecule has 1 aromatic heterocycles. The Bertz CT molecular complexity index is 613. The highest BCUT2D eigenvalue weighted by atomic mass is 16.3. The predicted molar refractivity (Wildman–Crippen MR) is 77.3 cm³/mol. The largest absolute Gasteiger partial charge is 0.393 e. The maximum atomic E-state index is 10.2. The second kappa shape index (κ2) is 4.38. The third-order valence-corrected chi connectivity index (χ3v) is 5.04. The lowest BCUT2D eigenvalue weighted by atomic mass is 9.82. The van der Waals surface area contributed by atoms with E-state index in [0.717, 1.165) is 19.4 Å². The monoisotopic (exact) mass is 255 g/mol. The molecule has 0 radical (unpaired) electrons. The van der Waals surface area contributed by atoms with Crippen molar-refractivity contribution in [3.8, 4) is 0 Å². The van der Waals surface area contributed by atoms with Crippen molar-refractivity contribution in [2.75, 3.05) is 0 Å². The Hall–Kier alpha value is -1.28. The molecule has 2 heteroatoms. The van der Waals surface area contributed by atoms with E-state index in [1.54, 1.807) is 0 Å². The molecule has 0 amide bonds. The number of hydrogen-bond donors (Lipinski definition) is 1. The molecular weight excluding hydrogens is 234 g/mol. The van der Waals surface area contributed by atoms with Crippen LogP contribution < -0.4 is 0 Å². The van der Waals surface area contributed by atoms with E-state index in [9.17, 15) is 5.11 Å². The molecule has 1 aromatic carbocycles. The van der Waals surface area contributed by atoms with Gasteiger partial charge in [-0.25, -0.2) is 0 Å². The summed E-state index contributed by atoms with van der Waals surface area (Å²) in [5.74, 6) is 0.468. The van der Waals surface area contributed by atoms with Gasteiger partial charge in [-0.1, -0.05) is 31.0 Å². The number of rotatable bonds is 2. The maximum Gasteiger partial charge on any atom is 0.0571 e. The van der Waals surface area contributed by atoms with Crippen LogP contribution in [0.5, 0.6) is 0 Å². The fraction of sp³-hybridized carbons (Fsp3) is 0.529. The molecule has 2 unspecified atom stereocenters. The summed E-state index contributed by atoms with van der Waals surface area (Å²) in [7, 11) is 0. The van der Waals surface area contributed by atoms with Gasteiger partial charge in [-0.3, -0.25) is 0 Å². The number of aryl methyl sites for hydroxylation is 2. The second-order valence-corrected chi connectivity index (χ2v) is 6.23. The van der Waals surface area contributed by atoms with Gasteiger partial charge in [-0.2, -0.15) is 0 Å². The summed E-state index contributed by atoms with van der Waals surface area (Å²) in [5, 5.41) is 11.6. The number of benzene rings is 1. The van der Waals surface area contributed by atoms with Gasteiger partial charge in [0.2, 0.25) is 0 Å². The number of nitrogens with zero attached hydrogens (tertiary/aromatic N) is 1. The summed E-state index contributed by atoms with van der Waals surface area (Å²) in [6.07, 6.45) is 9.14. The van der Waals surface area contributed by atoms with Crippen molar-refractivity contribution in [1.29, 1.82) is 0 Å². The van der Waals surface area contributed by atoms with Gasteiger partial charge in [0.25, 0.3) is 0 Å². The zero-order chi connectivity index (χ0) is 12.8. The van der Waals surface area contributed by atoms with Crippen LogP contribution in [-0.4, -0.2) is 15.8 Å². The van der Waals surface area contributed by atoms with Crippen LogP contribution in [0.3, 0.4) is 0 Å². The van der Waals surface area contributed by atoms with Crippen molar-refractivity contribution in [1.82, 2.24) is 4.57 Å². The average molecular weight is 255 g/mol. The number of aromatic nitrogens is 1. The van der Waals surface area contributed by atoms with Crippen LogP contribution in [0.15, 0.2) is 24.4 Å². The molecule has 1 aliphatic carbocycles. The number of aliphatic hydroxyl groups is 1. The van der Waals surface area contributed by atoms with Crippen LogP contribution in [0.4, 0.5) is 0 Å². The molecule has 2 atom stereocenters. The SMILES string of the molecule is OC1CCCCC1Cc1cn2c3c(cccc13)CC2. The smallest absolute Gasteiger partial charge is 0.0571 e. The summed E-state index contributed by atoms with van der Waals surface area (Å²) in [6, 6.07) is 6.70. The van der Waals surface area contributed by atoms with Gasteiger partial charge >= 0.3 is 0 Å². The molecule has 1 saturated carbocycles. The first-order valence-corrected chi connectivity index (χ1v) is 7.60. The minimum absolute atomic E-state index is 0.0849. The van der Waals surface area contributed by atoms with Gasteiger partial charge < -0.3 is 9.67 Å². The molecule has 0 spiro atoms. The predicted octanol–water partition coefficient (Wildman–Crippen LogP) is 3.29. The lowest BCUT2D eigenvalue weighted by Crippen LogP contribution is -2.26. The summed E-state index contributed by atoms with van der Waals surface area (Å²) >= 11 is 0. The normalized spacial score (nSPS) is 26.2. The standard InChI is InChI=1S/C17H21NO/c19-16-7-2-1-4-13(16)10-14-11-18-9-8-12-5-3-6-15(14)17(12)18/h3,5-6,11,13,16,19H,1-2,4,7-10H2. The van der Waals surface area contributed by atoms with E-state index >= 15 is 0 Å². The Morgan fingerprint density at radius 2 is 2.11 bits per heavy atom. The molecular formula is C17H21NO. The Morgan fingerprint density at radius 1 is 1.21 bits per heavy atom. The summed E-state index contributed by atoms with van der Waals surface area (Å²) in [4.78, 5) is 0. The minimum Gasteiger partial charge on any atom is -0.393 e. The molecule has 2 aromatic rings. The Balaban J connectivity index is 1.70. The van der Waals surface area contributed by atoms with E-state index in [1.165, 1.54) is 47.7 Å². The van der Waals surface area contributed by atoms with E-state index in [1.807, 2.05) is 0 Å². The summed E-state index contributed by atoms with van der Waals surface area (Å²) < 4.78 is 2.41. The van der Waals surface area contributed by atoms with Gasteiger partial charge in [-0.15, -0.1) is 0 Å². The fourth-order valence-corrected chi connectivity index (χ4v) is 4.00. The summed E-state index contributed by atoms with van der Waals surface area (Å²) in [6.45, 7) is 1.13. The van der Waals surface area contributed by atoms with E-state index in [0.29, 0.717) is 5.92 Å². The van der Waals surface area contributed by atoms with Crippen molar-refractivity contribution in [3.63, 3.8) is 0 Å². The van der Waals surface area contributed by atoms with Gasteiger partial charge in [-0.05, 0) is 42.7 Å². The molecule has 19 heavy (non-hydrogen) atoms. The van der Waals surface area contributed by atoms with Crippen LogP contribution in [0, 0.1) is 5.92 Å². The number of hydrogen-bond acceptors (Lipinski definition) is 1. The highest BCUT2D eigenvalue weighted by Gasteiger charge is 2.25. The maximum absolute atomic E-state index is 10.2. The van der Waals surface area contributed by atoms with Crippen LogP contribution in [-0.2, 0) is 19.4 Å².